The molecule has 9 rings (SSSR count). The van der Waals surface area contributed by atoms with Crippen molar-refractivity contribution in [2.24, 2.45) is 0 Å². The lowest BCUT2D eigenvalue weighted by atomic mass is 9.90. The van der Waals surface area contributed by atoms with Gasteiger partial charge in [0.25, 0.3) is 0 Å². The van der Waals surface area contributed by atoms with Crippen molar-refractivity contribution >= 4 is 65.1 Å². The van der Waals surface area contributed by atoms with Crippen molar-refractivity contribution in [1.82, 2.24) is 4.57 Å². The van der Waals surface area contributed by atoms with E-state index in [9.17, 15) is 10.5 Å². The summed E-state index contributed by atoms with van der Waals surface area (Å²) < 4.78 is 4.41. The molecule has 0 saturated carbocycles. The number of fused-ring (bicyclic) bond motifs is 9. The Kier molecular flexibility index (Phi) is 5.25. The minimum atomic E-state index is 0.390. The van der Waals surface area contributed by atoms with E-state index in [1.54, 1.807) is 11.3 Å². The fourth-order valence-electron chi connectivity index (χ4n) is 6.89. The first-order valence-electron chi connectivity index (χ1n) is 14.2. The second-order valence-corrected chi connectivity index (χ2v) is 13.3. The number of allylic oxidation sites excluding steroid dienone is 3. The maximum atomic E-state index is 10.4. The summed E-state index contributed by atoms with van der Waals surface area (Å²) in [5.41, 5.74) is 8.14. The maximum absolute atomic E-state index is 10.4. The van der Waals surface area contributed by atoms with Gasteiger partial charge >= 0.3 is 0 Å². The van der Waals surface area contributed by atoms with Crippen molar-refractivity contribution in [3.63, 3.8) is 0 Å². The van der Waals surface area contributed by atoms with E-state index < -0.39 is 0 Å². The molecule has 2 aromatic heterocycles. The molecule has 0 fully saturated rings. The van der Waals surface area contributed by atoms with Crippen LogP contribution in [0.5, 0.6) is 0 Å². The molecular formula is C38H21N3S2. The molecule has 0 spiro atoms. The van der Waals surface area contributed by atoms with Gasteiger partial charge in [-0.3, -0.25) is 0 Å². The predicted octanol–water partition coefficient (Wildman–Crippen LogP) is 10.2. The fraction of sp³-hybridized carbons (Fsp3) is 0.0526. The predicted molar refractivity (Wildman–Crippen MR) is 179 cm³/mol. The van der Waals surface area contributed by atoms with Crippen LogP contribution in [0.2, 0.25) is 0 Å². The average Bonchev–Trinajstić information content (AvgIpc) is 3.73. The van der Waals surface area contributed by atoms with Crippen LogP contribution < -0.4 is 0 Å². The van der Waals surface area contributed by atoms with E-state index in [1.165, 1.54) is 16.0 Å². The van der Waals surface area contributed by atoms with Gasteiger partial charge in [-0.15, -0.1) is 23.1 Å². The molecule has 0 saturated heterocycles. The third kappa shape index (κ3) is 3.47. The van der Waals surface area contributed by atoms with Crippen LogP contribution in [0, 0.1) is 22.7 Å². The Hall–Kier alpha value is -5.07. The summed E-state index contributed by atoms with van der Waals surface area (Å²) in [7, 11) is 0. The molecule has 5 heteroatoms. The Morgan fingerprint density at radius 3 is 2.42 bits per heavy atom. The van der Waals surface area contributed by atoms with Crippen molar-refractivity contribution in [2.75, 3.05) is 0 Å². The quantitative estimate of drug-likeness (QED) is 0.203. The summed E-state index contributed by atoms with van der Waals surface area (Å²) in [6.45, 7) is 0. The number of aromatic nitrogens is 1. The molecule has 200 valence electrons. The lowest BCUT2D eigenvalue weighted by molar-refractivity contribution is 0.881. The largest absolute Gasteiger partial charge is 0.308 e. The van der Waals surface area contributed by atoms with Gasteiger partial charge in [-0.2, -0.15) is 10.5 Å². The zero-order valence-corrected chi connectivity index (χ0v) is 24.4. The van der Waals surface area contributed by atoms with Gasteiger partial charge in [0, 0.05) is 37.6 Å². The van der Waals surface area contributed by atoms with Gasteiger partial charge in [-0.1, -0.05) is 78.9 Å². The molecule has 0 amide bonds. The summed E-state index contributed by atoms with van der Waals surface area (Å²) in [5.74, 6) is 0.390. The maximum Gasteiger partial charge on any atom is 0.101 e. The Morgan fingerprint density at radius 1 is 0.674 bits per heavy atom. The number of nitrogens with zero attached hydrogens (tertiary/aromatic N) is 3. The first-order chi connectivity index (χ1) is 21.2. The number of nitriles is 2. The van der Waals surface area contributed by atoms with Gasteiger partial charge in [-0.05, 0) is 53.1 Å². The topological polar surface area (TPSA) is 52.5 Å². The third-order valence-corrected chi connectivity index (χ3v) is 11.5. The monoisotopic (exact) mass is 583 g/mol. The number of para-hydroxylation sites is 1. The van der Waals surface area contributed by atoms with Crippen LogP contribution in [0.25, 0.3) is 58.8 Å². The Labute approximate surface area is 256 Å². The van der Waals surface area contributed by atoms with E-state index in [0.29, 0.717) is 22.3 Å². The molecule has 3 heterocycles. The van der Waals surface area contributed by atoms with Gasteiger partial charge in [0.1, 0.15) is 6.07 Å². The lowest BCUT2D eigenvalue weighted by Crippen LogP contribution is -2.06. The van der Waals surface area contributed by atoms with Crippen molar-refractivity contribution < 1.29 is 0 Å². The molecule has 1 aliphatic heterocycles. The van der Waals surface area contributed by atoms with E-state index in [4.69, 9.17) is 0 Å². The molecule has 0 N–H and O–H groups in total. The van der Waals surface area contributed by atoms with Crippen LogP contribution >= 0.6 is 23.1 Å². The standard InChI is InChI=1S/C38H21N3S2/c39-20-22-15-16-27-26-7-1-3-12-32(26)41(34(27)17-22)33-13-6-11-30-31-19-23(18-24(21-40)36(31)43-38(30)33)25-9-5-10-29-28-8-2-4-14-35(28)42-37(25)29/h1-19,28,35H. The molecule has 0 bridgehead atoms. The van der Waals surface area contributed by atoms with Crippen LogP contribution in [0.1, 0.15) is 22.6 Å². The molecule has 5 aromatic carbocycles. The van der Waals surface area contributed by atoms with E-state index in [0.717, 1.165) is 53.2 Å². The SMILES string of the molecule is N#Cc1ccc2c3ccccc3n(-c3cccc4c3sc3c(C#N)cc(-c5cccc6c5SC5C=CC=CC65)cc34)c2c1. The van der Waals surface area contributed by atoms with E-state index in [2.05, 4.69) is 120 Å². The second-order valence-electron chi connectivity index (χ2n) is 11.1. The number of thioether (sulfide) groups is 1. The van der Waals surface area contributed by atoms with Crippen LogP contribution in [-0.4, -0.2) is 9.82 Å². The van der Waals surface area contributed by atoms with Gasteiger partial charge in [0.15, 0.2) is 0 Å². The molecule has 7 aromatic rings. The number of rotatable bonds is 2. The van der Waals surface area contributed by atoms with Crippen LogP contribution in [0.3, 0.4) is 0 Å². The number of benzene rings is 5. The zero-order valence-electron chi connectivity index (χ0n) is 22.8. The lowest BCUT2D eigenvalue weighted by Gasteiger charge is -2.14. The second kappa shape index (κ2) is 9.21. The van der Waals surface area contributed by atoms with Gasteiger partial charge in [0.2, 0.25) is 0 Å². The Balaban J connectivity index is 1.31. The highest BCUT2D eigenvalue weighted by atomic mass is 32.2. The van der Waals surface area contributed by atoms with E-state index >= 15 is 0 Å². The number of hydrogen-bond acceptors (Lipinski definition) is 4. The molecule has 2 unspecified atom stereocenters. The van der Waals surface area contributed by atoms with Crippen LogP contribution in [0.15, 0.2) is 120 Å². The fourth-order valence-corrected chi connectivity index (χ4v) is 9.62. The van der Waals surface area contributed by atoms with Gasteiger partial charge < -0.3 is 4.57 Å². The summed E-state index contributed by atoms with van der Waals surface area (Å²) in [6.07, 6.45) is 8.90. The summed E-state index contributed by atoms with van der Waals surface area (Å²) >= 11 is 3.61. The molecule has 2 aliphatic rings. The van der Waals surface area contributed by atoms with Crippen LogP contribution in [-0.2, 0) is 0 Å². The Bertz CT molecular complexity index is 2480. The van der Waals surface area contributed by atoms with E-state index in [-0.39, 0.29) is 0 Å². The molecular weight excluding hydrogens is 563 g/mol. The highest BCUT2D eigenvalue weighted by Gasteiger charge is 2.33. The summed E-state index contributed by atoms with van der Waals surface area (Å²) in [4.78, 5) is 1.32. The number of thiophene rings is 1. The first-order valence-corrected chi connectivity index (χ1v) is 15.9. The summed E-state index contributed by atoms with van der Waals surface area (Å²) in [5, 5.41) is 25.0. The molecule has 3 nitrogen and oxygen atoms in total. The number of hydrogen-bond donors (Lipinski definition) is 0. The van der Waals surface area contributed by atoms with Crippen molar-refractivity contribution in [1.29, 1.82) is 10.5 Å². The molecule has 2 atom stereocenters. The van der Waals surface area contributed by atoms with Crippen molar-refractivity contribution in [2.45, 2.75) is 16.1 Å². The summed E-state index contributed by atoms with van der Waals surface area (Å²) in [6, 6.07) is 36.6. The normalized spacial score (nSPS) is 17.0. The molecule has 1 aliphatic carbocycles. The first kappa shape index (κ1) is 24.5. The average molecular weight is 584 g/mol. The van der Waals surface area contributed by atoms with Crippen LogP contribution in [0.4, 0.5) is 0 Å². The molecule has 0 radical (unpaired) electrons. The highest BCUT2D eigenvalue weighted by Crippen LogP contribution is 2.52. The van der Waals surface area contributed by atoms with Gasteiger partial charge in [-0.25, -0.2) is 0 Å². The highest BCUT2D eigenvalue weighted by molar-refractivity contribution is 8.00. The minimum Gasteiger partial charge on any atom is -0.308 e. The third-order valence-electron chi connectivity index (χ3n) is 8.80. The smallest absolute Gasteiger partial charge is 0.101 e. The minimum absolute atomic E-state index is 0.390. The zero-order chi connectivity index (χ0) is 28.7. The molecule has 43 heavy (non-hydrogen) atoms. The Morgan fingerprint density at radius 2 is 1.51 bits per heavy atom. The van der Waals surface area contributed by atoms with Crippen molar-refractivity contribution in [3.8, 4) is 29.0 Å². The van der Waals surface area contributed by atoms with E-state index in [1.807, 2.05) is 23.9 Å². The van der Waals surface area contributed by atoms with Crippen molar-refractivity contribution in [3.05, 3.63) is 132 Å². The van der Waals surface area contributed by atoms with Gasteiger partial charge in [0.05, 0.1) is 43.3 Å².